The minimum absolute atomic E-state index is 0.263. The fourth-order valence-electron chi connectivity index (χ4n) is 1.73. The lowest BCUT2D eigenvalue weighted by Crippen LogP contribution is -2.12. The molecule has 0 spiro atoms. The molecular formula is C13H10N4S2. The van der Waals surface area contributed by atoms with Gasteiger partial charge in [0.1, 0.15) is 10.7 Å². The molecule has 1 aromatic carbocycles. The topological polar surface area (TPSA) is 63.8 Å². The molecule has 3 N–H and O–H groups in total. The van der Waals surface area contributed by atoms with Crippen LogP contribution in [-0.2, 0) is 0 Å². The van der Waals surface area contributed by atoms with E-state index in [4.69, 9.17) is 18.0 Å². The van der Waals surface area contributed by atoms with Crippen molar-refractivity contribution >= 4 is 50.3 Å². The molecule has 19 heavy (non-hydrogen) atoms. The fraction of sp³-hybridized carbons (Fsp3) is 0. The average molecular weight is 286 g/mol. The van der Waals surface area contributed by atoms with Crippen LogP contribution in [0, 0.1) is 0 Å². The third-order valence-electron chi connectivity index (χ3n) is 2.62. The van der Waals surface area contributed by atoms with Crippen molar-refractivity contribution in [2.24, 2.45) is 5.73 Å². The highest BCUT2D eigenvalue weighted by atomic mass is 32.1. The molecule has 94 valence electrons. The lowest BCUT2D eigenvalue weighted by molar-refractivity contribution is 1.15. The Balaban J connectivity index is 1.91. The van der Waals surface area contributed by atoms with Crippen molar-refractivity contribution in [2.75, 3.05) is 5.32 Å². The number of hydrogen-bond donors (Lipinski definition) is 2. The van der Waals surface area contributed by atoms with Gasteiger partial charge >= 0.3 is 0 Å². The molecule has 0 saturated heterocycles. The van der Waals surface area contributed by atoms with Gasteiger partial charge in [0.25, 0.3) is 0 Å². The Labute approximate surface area is 119 Å². The van der Waals surface area contributed by atoms with Crippen LogP contribution in [0.5, 0.6) is 0 Å². The van der Waals surface area contributed by atoms with Gasteiger partial charge in [-0.15, -0.1) is 11.3 Å². The number of benzene rings is 1. The van der Waals surface area contributed by atoms with Gasteiger partial charge in [-0.2, -0.15) is 0 Å². The Morgan fingerprint density at radius 1 is 1.26 bits per heavy atom. The summed E-state index contributed by atoms with van der Waals surface area (Å²) in [5.41, 5.74) is 7.05. The van der Waals surface area contributed by atoms with Crippen molar-refractivity contribution in [2.45, 2.75) is 0 Å². The van der Waals surface area contributed by atoms with Crippen LogP contribution in [0.3, 0.4) is 0 Å². The summed E-state index contributed by atoms with van der Waals surface area (Å²) < 4.78 is 1.25. The molecule has 0 unspecified atom stereocenters. The number of hydrogen-bond acceptors (Lipinski definition) is 5. The van der Waals surface area contributed by atoms with Gasteiger partial charge < -0.3 is 11.1 Å². The van der Waals surface area contributed by atoms with E-state index in [2.05, 4.69) is 38.9 Å². The van der Waals surface area contributed by atoms with Crippen molar-refractivity contribution < 1.29 is 0 Å². The number of nitrogens with zero attached hydrogens (tertiary/aromatic N) is 2. The first-order valence-corrected chi connectivity index (χ1v) is 6.88. The zero-order valence-corrected chi connectivity index (χ0v) is 11.5. The van der Waals surface area contributed by atoms with Crippen LogP contribution in [0.2, 0.25) is 0 Å². The number of nitrogens with one attached hydrogen (secondary N) is 1. The molecule has 2 heterocycles. The first kappa shape index (κ1) is 12.0. The van der Waals surface area contributed by atoms with Gasteiger partial charge in [0.05, 0.1) is 0 Å². The van der Waals surface area contributed by atoms with E-state index < -0.39 is 0 Å². The largest absolute Gasteiger partial charge is 0.388 e. The van der Waals surface area contributed by atoms with Crippen molar-refractivity contribution in [3.8, 4) is 0 Å². The van der Waals surface area contributed by atoms with E-state index in [9.17, 15) is 0 Å². The fourth-order valence-corrected chi connectivity index (χ4v) is 2.61. The van der Waals surface area contributed by atoms with Crippen molar-refractivity contribution in [3.63, 3.8) is 0 Å². The summed E-state index contributed by atoms with van der Waals surface area (Å²) in [7, 11) is 0. The van der Waals surface area contributed by atoms with E-state index in [1.165, 1.54) is 10.1 Å². The number of anilines is 2. The molecule has 0 bridgehead atoms. The number of aromatic nitrogens is 2. The standard InChI is InChI=1S/C13H10N4S2/c14-12(18)10-3-5-15-13(17-10)16-9-1-2-11-8(7-9)4-6-19-11/h1-7H,(H2,14,18)(H,15,16,17). The second-order valence-electron chi connectivity index (χ2n) is 3.93. The molecular weight excluding hydrogens is 276 g/mol. The maximum atomic E-state index is 5.55. The van der Waals surface area contributed by atoms with E-state index in [0.29, 0.717) is 11.6 Å². The van der Waals surface area contributed by atoms with Gasteiger partial charge in [-0.3, -0.25) is 0 Å². The molecule has 0 radical (unpaired) electrons. The van der Waals surface area contributed by atoms with Crippen molar-refractivity contribution in [3.05, 3.63) is 47.6 Å². The summed E-state index contributed by atoms with van der Waals surface area (Å²) >= 11 is 6.62. The van der Waals surface area contributed by atoms with E-state index >= 15 is 0 Å². The highest BCUT2D eigenvalue weighted by Crippen LogP contribution is 2.25. The van der Waals surface area contributed by atoms with E-state index in [-0.39, 0.29) is 4.99 Å². The summed E-state index contributed by atoms with van der Waals surface area (Å²) in [4.78, 5) is 8.66. The Bertz CT molecular complexity index is 751. The molecule has 6 heteroatoms. The van der Waals surface area contributed by atoms with Gasteiger partial charge in [-0.25, -0.2) is 9.97 Å². The normalized spacial score (nSPS) is 10.5. The van der Waals surface area contributed by atoms with Gasteiger partial charge in [0, 0.05) is 16.6 Å². The third kappa shape index (κ3) is 2.54. The Kier molecular flexibility index (Phi) is 3.10. The summed E-state index contributed by atoms with van der Waals surface area (Å²) in [6, 6.07) is 9.89. The molecule has 0 saturated carbocycles. The summed E-state index contributed by atoms with van der Waals surface area (Å²) in [6.45, 7) is 0. The smallest absolute Gasteiger partial charge is 0.227 e. The number of rotatable bonds is 3. The van der Waals surface area contributed by atoms with E-state index in [0.717, 1.165) is 5.69 Å². The third-order valence-corrected chi connectivity index (χ3v) is 3.72. The predicted molar refractivity (Wildman–Crippen MR) is 83.0 cm³/mol. The molecule has 0 amide bonds. The molecule has 0 aliphatic carbocycles. The molecule has 0 aliphatic rings. The molecule has 3 rings (SSSR count). The SMILES string of the molecule is NC(=S)c1ccnc(Nc2ccc3sccc3c2)n1. The van der Waals surface area contributed by atoms with Gasteiger partial charge in [0.2, 0.25) is 5.95 Å². The predicted octanol–water partition coefficient (Wildman–Crippen LogP) is 3.07. The van der Waals surface area contributed by atoms with Crippen LogP contribution >= 0.6 is 23.6 Å². The Morgan fingerprint density at radius 3 is 3.00 bits per heavy atom. The average Bonchev–Trinajstić information content (AvgIpc) is 2.86. The summed E-state index contributed by atoms with van der Waals surface area (Å²) in [5.74, 6) is 0.486. The highest BCUT2D eigenvalue weighted by Gasteiger charge is 2.03. The van der Waals surface area contributed by atoms with Gasteiger partial charge in [0.15, 0.2) is 0 Å². The number of fused-ring (bicyclic) bond motifs is 1. The van der Waals surface area contributed by atoms with Crippen LogP contribution in [0.1, 0.15) is 5.69 Å². The van der Waals surface area contributed by atoms with Crippen molar-refractivity contribution in [1.29, 1.82) is 0 Å². The van der Waals surface area contributed by atoms with Crippen LogP contribution in [-0.4, -0.2) is 15.0 Å². The summed E-state index contributed by atoms with van der Waals surface area (Å²) in [6.07, 6.45) is 1.63. The minimum atomic E-state index is 0.263. The van der Waals surface area contributed by atoms with Crippen LogP contribution in [0.4, 0.5) is 11.6 Å². The maximum absolute atomic E-state index is 5.55. The molecule has 2 aromatic heterocycles. The quantitative estimate of drug-likeness (QED) is 0.724. The Hall–Kier alpha value is -2.05. The molecule has 0 fully saturated rings. The first-order valence-electron chi connectivity index (χ1n) is 5.59. The molecule has 3 aromatic rings. The van der Waals surface area contributed by atoms with E-state index in [1.807, 2.05) is 6.07 Å². The van der Waals surface area contributed by atoms with Gasteiger partial charge in [-0.1, -0.05) is 12.2 Å². The first-order chi connectivity index (χ1) is 9.22. The lowest BCUT2D eigenvalue weighted by Gasteiger charge is -2.06. The zero-order chi connectivity index (χ0) is 13.2. The van der Waals surface area contributed by atoms with Crippen molar-refractivity contribution in [1.82, 2.24) is 9.97 Å². The second-order valence-corrected chi connectivity index (χ2v) is 5.32. The zero-order valence-electron chi connectivity index (χ0n) is 9.83. The number of thiocarbonyl (C=S) groups is 1. The van der Waals surface area contributed by atoms with Gasteiger partial charge in [-0.05, 0) is 41.1 Å². The lowest BCUT2D eigenvalue weighted by atomic mass is 10.2. The van der Waals surface area contributed by atoms with Crippen LogP contribution in [0.15, 0.2) is 41.9 Å². The number of thiophene rings is 1. The maximum Gasteiger partial charge on any atom is 0.227 e. The molecule has 0 atom stereocenters. The summed E-state index contributed by atoms with van der Waals surface area (Å²) in [5, 5.41) is 6.41. The highest BCUT2D eigenvalue weighted by molar-refractivity contribution is 7.80. The Morgan fingerprint density at radius 2 is 2.16 bits per heavy atom. The molecule has 4 nitrogen and oxygen atoms in total. The van der Waals surface area contributed by atoms with E-state index in [1.54, 1.807) is 23.6 Å². The monoisotopic (exact) mass is 286 g/mol. The second kappa shape index (κ2) is 4.91. The van der Waals surface area contributed by atoms with Crippen LogP contribution in [0.25, 0.3) is 10.1 Å². The number of nitrogens with two attached hydrogens (primary N) is 1. The minimum Gasteiger partial charge on any atom is -0.388 e. The molecule has 0 aliphatic heterocycles. The van der Waals surface area contributed by atoms with Crippen LogP contribution < -0.4 is 11.1 Å².